The number of aromatic nitrogens is 3. The van der Waals surface area contributed by atoms with Crippen LogP contribution in [0.4, 0.5) is 11.5 Å². The molecule has 0 saturated carbocycles. The Morgan fingerprint density at radius 2 is 1.80 bits per heavy atom. The summed E-state index contributed by atoms with van der Waals surface area (Å²) in [5.41, 5.74) is 3.19. The fourth-order valence-corrected chi connectivity index (χ4v) is 4.74. The summed E-state index contributed by atoms with van der Waals surface area (Å²) in [6.07, 6.45) is 3.95. The van der Waals surface area contributed by atoms with Crippen LogP contribution in [0.3, 0.4) is 0 Å². The molecule has 1 aliphatic heterocycles. The third-order valence-corrected chi connectivity index (χ3v) is 6.23. The Hall–Kier alpha value is -3.52. The lowest BCUT2D eigenvalue weighted by Crippen LogP contribution is -2.31. The molecule has 1 aliphatic rings. The Labute approximate surface area is 177 Å². The smallest absolute Gasteiger partial charge is 0.343 e. The summed E-state index contributed by atoms with van der Waals surface area (Å²) in [6.45, 7) is 1.27. The molecule has 0 N–H and O–H groups in total. The zero-order valence-corrected chi connectivity index (χ0v) is 16.7. The molecule has 148 valence electrons. The molecule has 0 amide bonds. The lowest BCUT2D eigenvalue weighted by molar-refractivity contribution is -0.387. The summed E-state index contributed by atoms with van der Waals surface area (Å²) in [7, 11) is 0. The number of nitro groups is 1. The third kappa shape index (κ3) is 3.35. The van der Waals surface area contributed by atoms with E-state index in [1.54, 1.807) is 6.20 Å². The fourth-order valence-electron chi connectivity index (χ4n) is 3.76. The number of benzene rings is 2. The molecule has 0 saturated heterocycles. The Bertz CT molecular complexity index is 1260. The summed E-state index contributed by atoms with van der Waals surface area (Å²) in [5.74, 6) is 0.361. The van der Waals surface area contributed by atoms with Crippen molar-refractivity contribution < 1.29 is 4.92 Å². The number of hydrogen-bond acceptors (Lipinski definition) is 7. The van der Waals surface area contributed by atoms with Gasteiger partial charge in [-0.25, -0.2) is 9.97 Å². The van der Waals surface area contributed by atoms with Gasteiger partial charge in [0, 0.05) is 29.6 Å². The second kappa shape index (κ2) is 7.72. The Balaban J connectivity index is 1.55. The van der Waals surface area contributed by atoms with Gasteiger partial charge >= 0.3 is 5.69 Å². The molecule has 0 fully saturated rings. The minimum atomic E-state index is -0.378. The minimum Gasteiger partial charge on any atom is -0.346 e. The van der Waals surface area contributed by atoms with E-state index in [0.717, 1.165) is 22.2 Å². The zero-order valence-electron chi connectivity index (χ0n) is 15.9. The van der Waals surface area contributed by atoms with Gasteiger partial charge in [0.25, 0.3) is 0 Å². The first kappa shape index (κ1) is 18.5. The van der Waals surface area contributed by atoms with E-state index < -0.39 is 0 Å². The van der Waals surface area contributed by atoms with Crippen LogP contribution in [0, 0.1) is 10.1 Å². The van der Waals surface area contributed by atoms with Crippen molar-refractivity contribution in [2.24, 2.45) is 0 Å². The van der Waals surface area contributed by atoms with E-state index in [4.69, 9.17) is 0 Å². The zero-order chi connectivity index (χ0) is 20.5. The monoisotopic (exact) mass is 415 g/mol. The Morgan fingerprint density at radius 3 is 2.67 bits per heavy atom. The van der Waals surface area contributed by atoms with Crippen LogP contribution >= 0.6 is 11.8 Å². The summed E-state index contributed by atoms with van der Waals surface area (Å²) in [5, 5.41) is 13.4. The van der Waals surface area contributed by atoms with E-state index in [1.807, 2.05) is 47.4 Å². The normalized spacial score (nSPS) is 13.3. The molecular formula is C22H17N5O2S. The lowest BCUT2D eigenvalue weighted by Gasteiger charge is -2.29. The molecule has 0 bridgehead atoms. The van der Waals surface area contributed by atoms with E-state index >= 15 is 0 Å². The number of rotatable bonds is 4. The molecule has 30 heavy (non-hydrogen) atoms. The average molecular weight is 415 g/mol. The summed E-state index contributed by atoms with van der Waals surface area (Å²) < 4.78 is 0. The van der Waals surface area contributed by atoms with E-state index in [2.05, 4.69) is 27.1 Å². The highest BCUT2D eigenvalue weighted by Crippen LogP contribution is 2.40. The highest BCUT2D eigenvalue weighted by atomic mass is 32.2. The van der Waals surface area contributed by atoms with Gasteiger partial charge in [0.15, 0.2) is 5.03 Å². The van der Waals surface area contributed by atoms with Crippen molar-refractivity contribution in [3.8, 4) is 0 Å². The molecule has 2 aromatic heterocycles. The Morgan fingerprint density at radius 1 is 0.967 bits per heavy atom. The van der Waals surface area contributed by atoms with Crippen molar-refractivity contribution in [2.45, 2.75) is 22.9 Å². The van der Waals surface area contributed by atoms with E-state index in [9.17, 15) is 10.1 Å². The average Bonchev–Trinajstić information content (AvgIpc) is 2.79. The molecule has 0 aliphatic carbocycles. The van der Waals surface area contributed by atoms with E-state index in [-0.39, 0.29) is 10.6 Å². The minimum absolute atomic E-state index is 0.0604. The maximum atomic E-state index is 12.1. The van der Waals surface area contributed by atoms with Gasteiger partial charge in [0.2, 0.25) is 5.82 Å². The first-order valence-electron chi connectivity index (χ1n) is 9.53. The number of anilines is 1. The highest BCUT2D eigenvalue weighted by molar-refractivity contribution is 7.99. The summed E-state index contributed by atoms with van der Waals surface area (Å²) in [4.78, 5) is 27.5. The van der Waals surface area contributed by atoms with Gasteiger partial charge in [-0.2, -0.15) is 0 Å². The van der Waals surface area contributed by atoms with Crippen molar-refractivity contribution in [2.75, 3.05) is 11.4 Å². The van der Waals surface area contributed by atoms with E-state index in [1.165, 1.54) is 29.2 Å². The van der Waals surface area contributed by atoms with E-state index in [0.29, 0.717) is 23.9 Å². The van der Waals surface area contributed by atoms with Gasteiger partial charge in [0.05, 0.1) is 10.4 Å². The van der Waals surface area contributed by atoms with Crippen molar-refractivity contribution in [3.05, 3.63) is 88.4 Å². The van der Waals surface area contributed by atoms with Crippen LogP contribution in [-0.4, -0.2) is 26.4 Å². The van der Waals surface area contributed by atoms with Gasteiger partial charge in [-0.05, 0) is 29.7 Å². The van der Waals surface area contributed by atoms with Crippen molar-refractivity contribution in [1.29, 1.82) is 0 Å². The van der Waals surface area contributed by atoms with Gasteiger partial charge in [-0.15, -0.1) is 0 Å². The molecular weight excluding hydrogens is 398 g/mol. The standard InChI is InChI=1S/C22H17N5O2S/c28-27(29)20-21(26-12-10-15-5-1-2-6-17(15)13-26)24-14-25-22(20)30-18-9-3-7-16-8-4-11-23-19(16)18/h1-9,11,14H,10,12-13H2. The molecule has 5 rings (SSSR count). The van der Waals surface area contributed by atoms with Gasteiger partial charge in [-0.3, -0.25) is 15.1 Å². The van der Waals surface area contributed by atoms with Crippen LogP contribution in [0.2, 0.25) is 0 Å². The van der Waals surface area contributed by atoms with Gasteiger partial charge in [-0.1, -0.05) is 54.2 Å². The quantitative estimate of drug-likeness (QED) is 0.272. The molecule has 2 aromatic carbocycles. The third-order valence-electron chi connectivity index (χ3n) is 5.18. The van der Waals surface area contributed by atoms with Crippen LogP contribution in [-0.2, 0) is 13.0 Å². The van der Waals surface area contributed by atoms with Crippen LogP contribution < -0.4 is 4.90 Å². The molecule has 8 heteroatoms. The van der Waals surface area contributed by atoms with Crippen LogP contribution in [0.1, 0.15) is 11.1 Å². The second-order valence-electron chi connectivity index (χ2n) is 6.98. The lowest BCUT2D eigenvalue weighted by atomic mass is 10.00. The number of nitrogens with zero attached hydrogens (tertiary/aromatic N) is 5. The Kier molecular flexibility index (Phi) is 4.76. The van der Waals surface area contributed by atoms with Crippen LogP contribution in [0.5, 0.6) is 0 Å². The molecule has 0 unspecified atom stereocenters. The molecule has 0 atom stereocenters. The SMILES string of the molecule is O=[N+]([O-])c1c(Sc2cccc3cccnc23)ncnc1N1CCc2ccccc2C1. The molecule has 0 spiro atoms. The first-order chi connectivity index (χ1) is 14.7. The van der Waals surface area contributed by atoms with Crippen molar-refractivity contribution in [1.82, 2.24) is 15.0 Å². The number of fused-ring (bicyclic) bond motifs is 2. The second-order valence-corrected chi connectivity index (χ2v) is 8.01. The predicted octanol–water partition coefficient (Wildman–Crippen LogP) is 4.65. The van der Waals surface area contributed by atoms with Gasteiger partial charge < -0.3 is 4.90 Å². The predicted molar refractivity (Wildman–Crippen MR) is 116 cm³/mol. The molecule has 0 radical (unpaired) electrons. The van der Waals surface area contributed by atoms with Crippen molar-refractivity contribution in [3.63, 3.8) is 0 Å². The largest absolute Gasteiger partial charge is 0.346 e. The molecule has 4 aromatic rings. The first-order valence-corrected chi connectivity index (χ1v) is 10.3. The van der Waals surface area contributed by atoms with Crippen molar-refractivity contribution >= 4 is 34.2 Å². The number of para-hydroxylation sites is 1. The molecule has 7 nitrogen and oxygen atoms in total. The fraction of sp³-hybridized carbons (Fsp3) is 0.136. The summed E-state index contributed by atoms with van der Waals surface area (Å²) in [6, 6.07) is 17.8. The van der Waals surface area contributed by atoms with Gasteiger partial charge in [0.1, 0.15) is 6.33 Å². The maximum absolute atomic E-state index is 12.1. The van der Waals surface area contributed by atoms with Crippen LogP contribution in [0.15, 0.2) is 77.0 Å². The number of pyridine rings is 1. The van der Waals surface area contributed by atoms with Crippen LogP contribution in [0.25, 0.3) is 10.9 Å². The number of hydrogen-bond donors (Lipinski definition) is 0. The maximum Gasteiger partial charge on any atom is 0.343 e. The molecule has 3 heterocycles. The summed E-state index contributed by atoms with van der Waals surface area (Å²) >= 11 is 1.25. The topological polar surface area (TPSA) is 85.0 Å². The highest BCUT2D eigenvalue weighted by Gasteiger charge is 2.29.